The van der Waals surface area contributed by atoms with Crippen LogP contribution < -0.4 is 11.1 Å². The van der Waals surface area contributed by atoms with Crippen molar-refractivity contribution in [2.45, 2.75) is 45.3 Å². The number of alkyl carbamates (subject to hydrolysis) is 1. The third-order valence-electron chi connectivity index (χ3n) is 4.15. The van der Waals surface area contributed by atoms with E-state index in [0.29, 0.717) is 0 Å². The third kappa shape index (κ3) is 3.68. The largest absolute Gasteiger partial charge is 0.444 e. The summed E-state index contributed by atoms with van der Waals surface area (Å²) >= 11 is 0. The molecule has 1 aromatic carbocycles. The number of amides is 2. The average Bonchev–Trinajstić information content (AvgIpc) is 3.11. The molecule has 3 rings (SSSR count). The van der Waals surface area contributed by atoms with Crippen LogP contribution in [-0.4, -0.2) is 28.3 Å². The van der Waals surface area contributed by atoms with Crippen molar-refractivity contribution in [3.8, 4) is 0 Å². The summed E-state index contributed by atoms with van der Waals surface area (Å²) in [5, 5.41) is 3.89. The first-order chi connectivity index (χ1) is 11.7. The van der Waals surface area contributed by atoms with E-state index in [4.69, 9.17) is 10.5 Å². The van der Waals surface area contributed by atoms with Gasteiger partial charge in [0.1, 0.15) is 5.60 Å². The van der Waals surface area contributed by atoms with E-state index in [1.807, 2.05) is 45.0 Å². The maximum Gasteiger partial charge on any atom is 0.407 e. The van der Waals surface area contributed by atoms with Crippen molar-refractivity contribution < 1.29 is 14.3 Å². The fraction of sp³-hybridized carbons (Fsp3) is 0.368. The van der Waals surface area contributed by atoms with E-state index >= 15 is 0 Å². The van der Waals surface area contributed by atoms with Crippen LogP contribution in [0.1, 0.15) is 39.2 Å². The number of nitrogens with one attached hydrogen (secondary N) is 1. The van der Waals surface area contributed by atoms with Crippen LogP contribution in [0.25, 0.3) is 16.5 Å². The summed E-state index contributed by atoms with van der Waals surface area (Å²) in [6.45, 7) is 5.53. The second-order valence-electron chi connectivity index (χ2n) is 7.27. The Kier molecular flexibility index (Phi) is 4.29. The van der Waals surface area contributed by atoms with Gasteiger partial charge in [-0.3, -0.25) is 4.57 Å². The van der Waals surface area contributed by atoms with Gasteiger partial charge in [-0.2, -0.15) is 0 Å². The van der Waals surface area contributed by atoms with Gasteiger partial charge < -0.3 is 15.8 Å². The van der Waals surface area contributed by atoms with Gasteiger partial charge in [-0.15, -0.1) is 0 Å². The van der Waals surface area contributed by atoms with Crippen molar-refractivity contribution in [2.24, 2.45) is 5.73 Å². The number of nitrogens with two attached hydrogens (primary N) is 1. The quantitative estimate of drug-likeness (QED) is 0.874. The zero-order valence-electron chi connectivity index (χ0n) is 14.7. The number of fused-ring (bicyclic) bond motifs is 1. The molecule has 1 atom stereocenters. The Morgan fingerprint density at radius 1 is 1.28 bits per heavy atom. The lowest BCUT2D eigenvalue weighted by Crippen LogP contribution is -2.38. The van der Waals surface area contributed by atoms with Gasteiger partial charge in [0.2, 0.25) is 0 Å². The van der Waals surface area contributed by atoms with Crippen LogP contribution in [-0.2, 0) is 4.74 Å². The second-order valence-corrected chi connectivity index (χ2v) is 7.27. The van der Waals surface area contributed by atoms with Gasteiger partial charge in [0, 0.05) is 17.6 Å². The van der Waals surface area contributed by atoms with Crippen molar-refractivity contribution >= 4 is 28.6 Å². The average molecular weight is 341 g/mol. The van der Waals surface area contributed by atoms with E-state index in [9.17, 15) is 9.59 Å². The molecular formula is C19H23N3O3. The molecule has 1 heterocycles. The molecule has 0 saturated heterocycles. The minimum absolute atomic E-state index is 0.0123. The zero-order valence-corrected chi connectivity index (χ0v) is 14.7. The molecule has 1 aliphatic rings. The maximum absolute atomic E-state index is 11.9. The fourth-order valence-electron chi connectivity index (χ4n) is 3.16. The number of benzene rings is 1. The number of hydrogen-bond donors (Lipinski definition) is 2. The molecule has 1 aliphatic carbocycles. The van der Waals surface area contributed by atoms with E-state index in [2.05, 4.69) is 11.4 Å². The molecule has 0 saturated carbocycles. The molecule has 0 bridgehead atoms. The van der Waals surface area contributed by atoms with Crippen LogP contribution in [0.15, 0.2) is 36.5 Å². The predicted octanol–water partition coefficient (Wildman–Crippen LogP) is 3.64. The fourth-order valence-corrected chi connectivity index (χ4v) is 3.16. The maximum atomic E-state index is 11.9. The van der Waals surface area contributed by atoms with Gasteiger partial charge in [-0.1, -0.05) is 18.2 Å². The first-order valence-corrected chi connectivity index (χ1v) is 8.33. The summed E-state index contributed by atoms with van der Waals surface area (Å²) in [5.41, 5.74) is 7.89. The Balaban J connectivity index is 1.75. The number of aromatic nitrogens is 1. The van der Waals surface area contributed by atoms with E-state index in [1.54, 1.807) is 6.20 Å². The van der Waals surface area contributed by atoms with E-state index < -0.39 is 17.7 Å². The highest BCUT2D eigenvalue weighted by Gasteiger charge is 2.24. The molecule has 1 aromatic heterocycles. The number of carbonyl (C=O) groups excluding carboxylic acids is 2. The highest BCUT2D eigenvalue weighted by molar-refractivity contribution is 5.97. The van der Waals surface area contributed by atoms with Crippen LogP contribution in [0.3, 0.4) is 0 Å². The molecule has 132 valence electrons. The number of rotatable bonds is 2. The molecule has 6 heteroatoms. The highest BCUT2D eigenvalue weighted by atomic mass is 16.6. The van der Waals surface area contributed by atoms with Gasteiger partial charge in [0.15, 0.2) is 0 Å². The number of carbonyl (C=O) groups is 2. The Morgan fingerprint density at radius 2 is 2.04 bits per heavy atom. The topological polar surface area (TPSA) is 86.3 Å². The Bertz CT molecular complexity index is 858. The van der Waals surface area contributed by atoms with Crippen molar-refractivity contribution in [1.82, 2.24) is 9.88 Å². The highest BCUT2D eigenvalue weighted by Crippen LogP contribution is 2.33. The van der Waals surface area contributed by atoms with E-state index in [1.165, 1.54) is 4.57 Å². The number of primary amides is 1. The van der Waals surface area contributed by atoms with Crippen molar-refractivity contribution in [3.63, 3.8) is 0 Å². The van der Waals surface area contributed by atoms with Gasteiger partial charge in [0.25, 0.3) is 0 Å². The number of nitrogens with zero attached hydrogens (tertiary/aromatic N) is 1. The van der Waals surface area contributed by atoms with Crippen LogP contribution >= 0.6 is 0 Å². The molecule has 3 N–H and O–H groups in total. The Labute approximate surface area is 146 Å². The summed E-state index contributed by atoms with van der Waals surface area (Å²) < 4.78 is 6.75. The molecule has 2 amide bonds. The third-order valence-corrected chi connectivity index (χ3v) is 4.15. The Morgan fingerprint density at radius 3 is 2.72 bits per heavy atom. The van der Waals surface area contributed by atoms with E-state index in [-0.39, 0.29) is 6.04 Å². The lowest BCUT2D eigenvalue weighted by Gasteiger charge is -2.21. The van der Waals surface area contributed by atoms with Crippen LogP contribution in [0.4, 0.5) is 9.59 Å². The van der Waals surface area contributed by atoms with Crippen molar-refractivity contribution in [2.75, 3.05) is 0 Å². The smallest absolute Gasteiger partial charge is 0.407 e. The molecule has 0 radical (unpaired) electrons. The van der Waals surface area contributed by atoms with Crippen LogP contribution in [0, 0.1) is 0 Å². The summed E-state index contributed by atoms with van der Waals surface area (Å²) in [6, 6.07) is 7.21. The van der Waals surface area contributed by atoms with Gasteiger partial charge in [-0.05, 0) is 56.9 Å². The predicted molar refractivity (Wildman–Crippen MR) is 97.3 cm³/mol. The summed E-state index contributed by atoms with van der Waals surface area (Å²) in [7, 11) is 0. The summed E-state index contributed by atoms with van der Waals surface area (Å²) in [5.74, 6) is 0. The second kappa shape index (κ2) is 6.27. The molecule has 1 unspecified atom stereocenters. The first kappa shape index (κ1) is 17.1. The summed E-state index contributed by atoms with van der Waals surface area (Å²) in [4.78, 5) is 23.4. The standard InChI is InChI=1S/C19H23N3O3/c1-19(2,3)25-18(24)21-13-8-7-12(11-13)14-5-4-6-16-15(14)9-10-22(16)17(20)23/h4-7,9-10,13H,8,11H2,1-3H3,(H2,20,23)(H,21,24). The Hall–Kier alpha value is -2.76. The number of ether oxygens (including phenoxy) is 1. The number of hydrogen-bond acceptors (Lipinski definition) is 3. The molecule has 0 fully saturated rings. The lowest BCUT2D eigenvalue weighted by atomic mass is 10.0. The first-order valence-electron chi connectivity index (χ1n) is 8.33. The SMILES string of the molecule is CC(C)(C)OC(=O)NC1CC=C(c2cccc3c2ccn3C(N)=O)C1. The summed E-state index contributed by atoms with van der Waals surface area (Å²) in [6.07, 6.45) is 4.88. The molecule has 25 heavy (non-hydrogen) atoms. The van der Waals surface area contributed by atoms with Crippen molar-refractivity contribution in [3.05, 3.63) is 42.1 Å². The normalized spacial score (nSPS) is 17.4. The van der Waals surface area contributed by atoms with E-state index in [0.717, 1.165) is 34.9 Å². The van der Waals surface area contributed by atoms with Crippen LogP contribution in [0.2, 0.25) is 0 Å². The molecule has 6 nitrogen and oxygen atoms in total. The minimum Gasteiger partial charge on any atom is -0.444 e. The van der Waals surface area contributed by atoms with Crippen molar-refractivity contribution in [1.29, 1.82) is 0 Å². The molecule has 2 aromatic rings. The molecular weight excluding hydrogens is 318 g/mol. The van der Waals surface area contributed by atoms with Crippen LogP contribution in [0.5, 0.6) is 0 Å². The zero-order chi connectivity index (χ0) is 18.2. The van der Waals surface area contributed by atoms with Gasteiger partial charge in [0.05, 0.1) is 5.52 Å². The minimum atomic E-state index is -0.512. The molecule has 0 aliphatic heterocycles. The monoisotopic (exact) mass is 341 g/mol. The van der Waals surface area contributed by atoms with Gasteiger partial charge in [-0.25, -0.2) is 9.59 Å². The lowest BCUT2D eigenvalue weighted by molar-refractivity contribution is 0.0507. The van der Waals surface area contributed by atoms with Gasteiger partial charge >= 0.3 is 12.1 Å². The molecule has 0 spiro atoms.